The maximum Gasteiger partial charge on any atom is 0.355 e. The van der Waals surface area contributed by atoms with Crippen molar-refractivity contribution in [3.63, 3.8) is 0 Å². The minimum Gasteiger partial charge on any atom is -0.476 e. The fraction of sp³-hybridized carbons (Fsp3) is 0.0435. The first-order valence-corrected chi connectivity index (χ1v) is 9.59. The van der Waals surface area contributed by atoms with E-state index in [0.717, 1.165) is 16.7 Å². The molecule has 0 aliphatic carbocycles. The molecule has 0 atom stereocenters. The second-order valence-corrected chi connectivity index (χ2v) is 7.22. The van der Waals surface area contributed by atoms with Gasteiger partial charge in [0.1, 0.15) is 5.54 Å². The number of carboxylic acid groups (broad SMARTS) is 1. The van der Waals surface area contributed by atoms with Gasteiger partial charge in [-0.3, -0.25) is 0 Å². The number of hydrogen-bond donors (Lipinski definition) is 1. The minimum absolute atomic E-state index is 0.0940. The summed E-state index contributed by atoms with van der Waals surface area (Å²) in [6.45, 7) is 0. The van der Waals surface area contributed by atoms with E-state index in [2.05, 4.69) is 21.0 Å². The Morgan fingerprint density at radius 3 is 1.54 bits per heavy atom. The van der Waals surface area contributed by atoms with Gasteiger partial charge >= 0.3 is 5.97 Å². The molecule has 0 unspecified atom stereocenters. The molecular weight excluding hydrogens is 416 g/mol. The van der Waals surface area contributed by atoms with Gasteiger partial charge in [0.2, 0.25) is 0 Å². The van der Waals surface area contributed by atoms with Crippen LogP contribution in [0.5, 0.6) is 0 Å². The predicted octanol–water partition coefficient (Wildman–Crippen LogP) is 5.18. The normalized spacial score (nSPS) is 11.3. The molecule has 0 aliphatic heterocycles. The van der Waals surface area contributed by atoms with Crippen LogP contribution in [0.2, 0.25) is 0 Å². The van der Waals surface area contributed by atoms with Crippen molar-refractivity contribution in [3.05, 3.63) is 124 Å². The molecule has 0 aliphatic rings. The van der Waals surface area contributed by atoms with Crippen LogP contribution in [0.1, 0.15) is 27.2 Å². The largest absolute Gasteiger partial charge is 0.476 e. The van der Waals surface area contributed by atoms with E-state index in [1.165, 1.54) is 6.20 Å². The quantitative estimate of drug-likeness (QED) is 0.441. The van der Waals surface area contributed by atoms with Gasteiger partial charge < -0.3 is 5.11 Å². The highest BCUT2D eigenvalue weighted by Crippen LogP contribution is 2.42. The molecule has 0 radical (unpaired) electrons. The summed E-state index contributed by atoms with van der Waals surface area (Å²) in [5.74, 6) is -1.04. The van der Waals surface area contributed by atoms with Crippen LogP contribution >= 0.6 is 15.9 Å². The highest BCUT2D eigenvalue weighted by molar-refractivity contribution is 9.10. The molecule has 4 aromatic rings. The molecule has 4 nitrogen and oxygen atoms in total. The zero-order valence-electron chi connectivity index (χ0n) is 14.9. The van der Waals surface area contributed by atoms with E-state index in [1.54, 1.807) is 4.68 Å². The zero-order chi connectivity index (χ0) is 19.6. The summed E-state index contributed by atoms with van der Waals surface area (Å²) in [6, 6.07) is 29.6. The maximum absolute atomic E-state index is 12.2. The van der Waals surface area contributed by atoms with Crippen LogP contribution in [0.25, 0.3) is 0 Å². The molecule has 4 rings (SSSR count). The van der Waals surface area contributed by atoms with E-state index < -0.39 is 11.5 Å². The van der Waals surface area contributed by atoms with Crippen molar-refractivity contribution in [3.8, 4) is 0 Å². The first kappa shape index (κ1) is 18.2. The van der Waals surface area contributed by atoms with Crippen molar-refractivity contribution >= 4 is 21.9 Å². The number of benzene rings is 3. The number of carbonyl (C=O) groups is 1. The third-order valence-corrected chi connectivity index (χ3v) is 5.40. The number of hydrogen-bond acceptors (Lipinski definition) is 2. The molecule has 1 heterocycles. The number of aromatic nitrogens is 2. The van der Waals surface area contributed by atoms with Crippen molar-refractivity contribution in [2.75, 3.05) is 0 Å². The summed E-state index contributed by atoms with van der Waals surface area (Å²) in [5.41, 5.74) is 1.92. The first-order valence-electron chi connectivity index (χ1n) is 8.79. The average molecular weight is 433 g/mol. The van der Waals surface area contributed by atoms with Gasteiger partial charge in [0.15, 0.2) is 5.69 Å². The number of aromatic carboxylic acids is 1. The van der Waals surface area contributed by atoms with E-state index in [1.807, 2.05) is 91.0 Å². The molecule has 3 aromatic carbocycles. The second-order valence-electron chi connectivity index (χ2n) is 6.37. The van der Waals surface area contributed by atoms with E-state index in [4.69, 9.17) is 0 Å². The van der Waals surface area contributed by atoms with Crippen molar-refractivity contribution in [2.24, 2.45) is 0 Å². The summed E-state index contributed by atoms with van der Waals surface area (Å²) in [7, 11) is 0. The predicted molar refractivity (Wildman–Crippen MR) is 111 cm³/mol. The van der Waals surface area contributed by atoms with Crippen molar-refractivity contribution in [1.82, 2.24) is 9.78 Å². The number of rotatable bonds is 5. The van der Waals surface area contributed by atoms with Crippen LogP contribution < -0.4 is 0 Å². The first-order chi connectivity index (χ1) is 13.7. The Bertz CT molecular complexity index is 997. The Morgan fingerprint density at radius 2 is 1.18 bits per heavy atom. The number of nitrogens with zero attached hydrogens (tertiary/aromatic N) is 2. The summed E-state index contributed by atoms with van der Waals surface area (Å²) in [4.78, 5) is 12.2. The highest BCUT2D eigenvalue weighted by atomic mass is 79.9. The molecule has 1 N–H and O–H groups in total. The van der Waals surface area contributed by atoms with Crippen LogP contribution in [0, 0.1) is 0 Å². The molecule has 1 aromatic heterocycles. The van der Waals surface area contributed by atoms with Crippen molar-refractivity contribution < 1.29 is 9.90 Å². The van der Waals surface area contributed by atoms with Gasteiger partial charge in [0.25, 0.3) is 0 Å². The lowest BCUT2D eigenvalue weighted by atomic mass is 9.77. The summed E-state index contributed by atoms with van der Waals surface area (Å²) < 4.78 is 2.03. The number of halogens is 1. The van der Waals surface area contributed by atoms with Gasteiger partial charge in [0, 0.05) is 0 Å². The smallest absolute Gasteiger partial charge is 0.355 e. The minimum atomic E-state index is -1.04. The lowest BCUT2D eigenvalue weighted by molar-refractivity contribution is 0.0678. The fourth-order valence-electron chi connectivity index (χ4n) is 3.68. The van der Waals surface area contributed by atoms with Crippen LogP contribution in [0.3, 0.4) is 0 Å². The molecule has 5 heteroatoms. The summed E-state index contributed by atoms with van der Waals surface area (Å²) in [6.07, 6.45) is 1.53. The standard InChI is InChI=1S/C23H17BrN2O2/c24-20-16-25-26(21(20)22(27)28)23(17-10-4-1-5-11-17,18-12-6-2-7-13-18)19-14-8-3-9-15-19/h1-16H,(H,27,28). The summed E-state index contributed by atoms with van der Waals surface area (Å²) >= 11 is 3.36. The molecule has 28 heavy (non-hydrogen) atoms. The molecule has 0 saturated carbocycles. The van der Waals surface area contributed by atoms with Gasteiger partial charge in [-0.05, 0) is 32.6 Å². The van der Waals surface area contributed by atoms with E-state index in [9.17, 15) is 9.90 Å². The lowest BCUT2D eigenvalue weighted by Gasteiger charge is -2.37. The monoisotopic (exact) mass is 432 g/mol. The van der Waals surface area contributed by atoms with Crippen LogP contribution in [-0.4, -0.2) is 20.9 Å². The van der Waals surface area contributed by atoms with Gasteiger partial charge in [-0.15, -0.1) is 0 Å². The molecule has 138 valence electrons. The third kappa shape index (κ3) is 2.84. The SMILES string of the molecule is O=C(O)c1c(Br)cnn1C(c1ccccc1)(c1ccccc1)c1ccccc1. The van der Waals surface area contributed by atoms with Gasteiger partial charge in [-0.1, -0.05) is 91.0 Å². The Morgan fingerprint density at radius 1 is 0.786 bits per heavy atom. The number of carboxylic acids is 1. The Balaban J connectivity index is 2.19. The van der Waals surface area contributed by atoms with Crippen LogP contribution in [0.15, 0.2) is 102 Å². The molecule has 0 saturated heterocycles. The van der Waals surface area contributed by atoms with E-state index >= 15 is 0 Å². The Hall–Kier alpha value is -3.18. The molecule has 0 fully saturated rings. The average Bonchev–Trinajstić information content (AvgIpc) is 3.13. The van der Waals surface area contributed by atoms with Gasteiger partial charge in [0.05, 0.1) is 10.7 Å². The molecule has 0 amide bonds. The van der Waals surface area contributed by atoms with Gasteiger partial charge in [-0.25, -0.2) is 9.48 Å². The zero-order valence-corrected chi connectivity index (χ0v) is 16.5. The molecular formula is C23H17BrN2O2. The topological polar surface area (TPSA) is 55.1 Å². The van der Waals surface area contributed by atoms with Crippen molar-refractivity contribution in [2.45, 2.75) is 5.54 Å². The summed E-state index contributed by atoms with van der Waals surface area (Å²) in [5, 5.41) is 14.5. The fourth-order valence-corrected chi connectivity index (χ4v) is 4.11. The maximum atomic E-state index is 12.2. The Kier molecular flexibility index (Phi) is 4.84. The highest BCUT2D eigenvalue weighted by Gasteiger charge is 2.42. The van der Waals surface area contributed by atoms with Crippen LogP contribution in [0.4, 0.5) is 0 Å². The van der Waals surface area contributed by atoms with Gasteiger partial charge in [-0.2, -0.15) is 5.10 Å². The molecule has 0 spiro atoms. The van der Waals surface area contributed by atoms with E-state index in [0.29, 0.717) is 4.47 Å². The van der Waals surface area contributed by atoms with E-state index in [-0.39, 0.29) is 5.69 Å². The Labute approximate surface area is 171 Å². The van der Waals surface area contributed by atoms with Crippen molar-refractivity contribution in [1.29, 1.82) is 0 Å². The van der Waals surface area contributed by atoms with Crippen LogP contribution in [-0.2, 0) is 5.54 Å². The second kappa shape index (κ2) is 7.44. The third-order valence-electron chi connectivity index (χ3n) is 4.82. The molecule has 0 bridgehead atoms. The lowest BCUT2D eigenvalue weighted by Crippen LogP contribution is -2.40.